The Bertz CT molecular complexity index is 766. The molecule has 0 radical (unpaired) electrons. The van der Waals surface area contributed by atoms with Gasteiger partial charge in [-0.3, -0.25) is 14.4 Å². The van der Waals surface area contributed by atoms with Crippen LogP contribution in [0.2, 0.25) is 0 Å². The molecule has 0 saturated heterocycles. The number of ether oxygens (including phenoxy) is 3. The van der Waals surface area contributed by atoms with E-state index in [2.05, 4.69) is 27.7 Å². The zero-order chi connectivity index (χ0) is 37.5. The van der Waals surface area contributed by atoms with Gasteiger partial charge in [0.15, 0.2) is 6.10 Å². The van der Waals surface area contributed by atoms with Gasteiger partial charge in [0.05, 0.1) is 0 Å². The Balaban J connectivity index is 4.07. The van der Waals surface area contributed by atoms with Crippen LogP contribution in [0.5, 0.6) is 0 Å². The lowest BCUT2D eigenvalue weighted by molar-refractivity contribution is -0.167. The van der Waals surface area contributed by atoms with Crippen LogP contribution < -0.4 is 0 Å². The van der Waals surface area contributed by atoms with Gasteiger partial charge in [-0.05, 0) is 25.2 Å². The lowest BCUT2D eigenvalue weighted by Crippen LogP contribution is -2.30. The minimum absolute atomic E-state index is 0.0649. The number of carbonyl (C=O) groups is 3. The molecule has 0 aliphatic heterocycles. The van der Waals surface area contributed by atoms with Crippen molar-refractivity contribution in [2.75, 3.05) is 13.2 Å². The molecule has 0 amide bonds. The number of esters is 3. The topological polar surface area (TPSA) is 78.9 Å². The largest absolute Gasteiger partial charge is 0.462 e. The fourth-order valence-corrected chi connectivity index (χ4v) is 6.63. The smallest absolute Gasteiger partial charge is 0.306 e. The van der Waals surface area contributed by atoms with E-state index in [4.69, 9.17) is 14.2 Å². The molecule has 6 heteroatoms. The second-order valence-corrected chi connectivity index (χ2v) is 15.8. The van der Waals surface area contributed by atoms with E-state index in [9.17, 15) is 14.4 Å². The minimum atomic E-state index is -0.756. The molecular weight excluding hydrogens is 636 g/mol. The Morgan fingerprint density at radius 2 is 0.647 bits per heavy atom. The highest BCUT2D eigenvalue weighted by molar-refractivity contribution is 5.71. The molecule has 0 bridgehead atoms. The lowest BCUT2D eigenvalue weighted by Gasteiger charge is -2.18. The average Bonchev–Trinajstić information content (AvgIpc) is 3.11. The Hall–Kier alpha value is -1.59. The summed E-state index contributed by atoms with van der Waals surface area (Å²) in [6.07, 6.45) is 38.4. The van der Waals surface area contributed by atoms with E-state index >= 15 is 0 Å². The van der Waals surface area contributed by atoms with Crippen LogP contribution in [-0.2, 0) is 28.6 Å². The fourth-order valence-electron chi connectivity index (χ4n) is 6.63. The molecule has 0 heterocycles. The van der Waals surface area contributed by atoms with Gasteiger partial charge < -0.3 is 14.2 Å². The van der Waals surface area contributed by atoms with Crippen LogP contribution in [0.1, 0.15) is 246 Å². The molecule has 0 rings (SSSR count). The monoisotopic (exact) mass is 723 g/mol. The second kappa shape index (κ2) is 39.6. The lowest BCUT2D eigenvalue weighted by atomic mass is 10.0. The zero-order valence-electron chi connectivity index (χ0n) is 34.6. The highest BCUT2D eigenvalue weighted by atomic mass is 16.6. The van der Waals surface area contributed by atoms with Crippen molar-refractivity contribution in [3.05, 3.63) is 0 Å². The predicted octanol–water partition coefficient (Wildman–Crippen LogP) is 13.9. The van der Waals surface area contributed by atoms with Gasteiger partial charge in [-0.1, -0.05) is 207 Å². The number of hydrogen-bond acceptors (Lipinski definition) is 6. The molecule has 0 spiro atoms. The van der Waals surface area contributed by atoms with E-state index in [1.165, 1.54) is 135 Å². The average molecular weight is 723 g/mol. The summed E-state index contributed by atoms with van der Waals surface area (Å²) in [5.41, 5.74) is 0. The number of rotatable bonds is 40. The maximum Gasteiger partial charge on any atom is 0.306 e. The Morgan fingerprint density at radius 3 is 0.961 bits per heavy atom. The van der Waals surface area contributed by atoms with Crippen LogP contribution in [0.3, 0.4) is 0 Å². The third kappa shape index (κ3) is 39.5. The van der Waals surface area contributed by atoms with E-state index in [-0.39, 0.29) is 31.1 Å². The first-order valence-corrected chi connectivity index (χ1v) is 22.4. The quantitative estimate of drug-likeness (QED) is 0.0356. The molecule has 0 aromatic heterocycles. The van der Waals surface area contributed by atoms with Crippen molar-refractivity contribution in [1.82, 2.24) is 0 Å². The molecule has 51 heavy (non-hydrogen) atoms. The normalized spacial score (nSPS) is 11.9. The van der Waals surface area contributed by atoms with Crippen LogP contribution in [0.15, 0.2) is 0 Å². The predicted molar refractivity (Wildman–Crippen MR) is 215 cm³/mol. The van der Waals surface area contributed by atoms with Crippen molar-refractivity contribution >= 4 is 17.9 Å². The maximum absolute atomic E-state index is 12.6. The second-order valence-electron chi connectivity index (χ2n) is 15.8. The summed E-state index contributed by atoms with van der Waals surface area (Å²) >= 11 is 0. The molecule has 302 valence electrons. The maximum atomic E-state index is 12.6. The van der Waals surface area contributed by atoms with Gasteiger partial charge in [-0.25, -0.2) is 0 Å². The molecule has 0 N–H and O–H groups in total. The Morgan fingerprint density at radius 1 is 0.373 bits per heavy atom. The van der Waals surface area contributed by atoms with Crippen LogP contribution >= 0.6 is 0 Å². The van der Waals surface area contributed by atoms with E-state index in [0.29, 0.717) is 19.3 Å². The van der Waals surface area contributed by atoms with Gasteiger partial charge in [0.1, 0.15) is 13.2 Å². The van der Waals surface area contributed by atoms with E-state index in [0.717, 1.165) is 70.1 Å². The molecule has 0 fully saturated rings. The first-order chi connectivity index (χ1) is 24.9. The Kier molecular flexibility index (Phi) is 38.4. The van der Waals surface area contributed by atoms with Crippen LogP contribution in [0.4, 0.5) is 0 Å². The third-order valence-corrected chi connectivity index (χ3v) is 10.0. The third-order valence-electron chi connectivity index (χ3n) is 10.0. The van der Waals surface area contributed by atoms with Crippen molar-refractivity contribution in [2.24, 2.45) is 5.92 Å². The van der Waals surface area contributed by atoms with Crippen LogP contribution in [-0.4, -0.2) is 37.2 Å². The summed E-state index contributed by atoms with van der Waals surface area (Å²) in [4.78, 5) is 37.3. The summed E-state index contributed by atoms with van der Waals surface area (Å²) < 4.78 is 16.6. The highest BCUT2D eigenvalue weighted by Crippen LogP contribution is 2.16. The van der Waals surface area contributed by atoms with Gasteiger partial charge in [0.25, 0.3) is 0 Å². The van der Waals surface area contributed by atoms with Gasteiger partial charge in [0.2, 0.25) is 0 Å². The van der Waals surface area contributed by atoms with Crippen molar-refractivity contribution in [1.29, 1.82) is 0 Å². The molecule has 0 aromatic rings. The summed E-state index contributed by atoms with van der Waals surface area (Å²) in [6.45, 7) is 8.91. The number of unbranched alkanes of at least 4 members (excludes halogenated alkanes) is 27. The zero-order valence-corrected chi connectivity index (χ0v) is 34.6. The summed E-state index contributed by atoms with van der Waals surface area (Å²) in [7, 11) is 0. The first kappa shape index (κ1) is 49.4. The van der Waals surface area contributed by atoms with Crippen molar-refractivity contribution in [2.45, 2.75) is 252 Å². The SMILES string of the molecule is CCCCCCCCCCCC(=O)O[C@H](COC(=O)CCCCCCC)COC(=O)CCCCCCCCCCCCCCCCCCC(C)C. The number of hydrogen-bond donors (Lipinski definition) is 0. The van der Waals surface area contributed by atoms with Gasteiger partial charge in [-0.2, -0.15) is 0 Å². The standard InChI is InChI=1S/C45H86O6/c1-5-7-9-11-12-21-26-30-34-38-45(48)51-42(39-49-43(46)36-32-27-10-8-6-2)40-50-44(47)37-33-29-25-23-20-18-16-14-13-15-17-19-22-24-28-31-35-41(3)4/h41-42H,5-40H2,1-4H3/t42-/m1/s1. The van der Waals surface area contributed by atoms with E-state index in [1.54, 1.807) is 0 Å². The Labute approximate surface area is 317 Å². The first-order valence-electron chi connectivity index (χ1n) is 22.4. The molecule has 1 atom stereocenters. The molecular formula is C45H86O6. The molecule has 6 nitrogen and oxygen atoms in total. The van der Waals surface area contributed by atoms with Gasteiger partial charge in [-0.15, -0.1) is 0 Å². The summed E-state index contributed by atoms with van der Waals surface area (Å²) in [6, 6.07) is 0. The fraction of sp³-hybridized carbons (Fsp3) is 0.933. The summed E-state index contributed by atoms with van der Waals surface area (Å²) in [5.74, 6) is -0.0193. The highest BCUT2D eigenvalue weighted by Gasteiger charge is 2.19. The van der Waals surface area contributed by atoms with E-state index < -0.39 is 6.10 Å². The molecule has 0 aromatic carbocycles. The molecule has 0 aliphatic rings. The molecule has 0 unspecified atom stereocenters. The van der Waals surface area contributed by atoms with Gasteiger partial charge >= 0.3 is 17.9 Å². The summed E-state index contributed by atoms with van der Waals surface area (Å²) in [5, 5.41) is 0. The number of carbonyl (C=O) groups excluding carboxylic acids is 3. The van der Waals surface area contributed by atoms with Crippen molar-refractivity contribution in [3.8, 4) is 0 Å². The molecule has 0 aliphatic carbocycles. The van der Waals surface area contributed by atoms with Crippen LogP contribution in [0.25, 0.3) is 0 Å². The van der Waals surface area contributed by atoms with E-state index in [1.807, 2.05) is 0 Å². The van der Waals surface area contributed by atoms with Gasteiger partial charge in [0, 0.05) is 19.3 Å². The minimum Gasteiger partial charge on any atom is -0.462 e. The molecule has 0 saturated carbocycles. The van der Waals surface area contributed by atoms with Crippen molar-refractivity contribution < 1.29 is 28.6 Å². The van der Waals surface area contributed by atoms with Crippen molar-refractivity contribution in [3.63, 3.8) is 0 Å². The van der Waals surface area contributed by atoms with Crippen LogP contribution in [0, 0.1) is 5.92 Å².